The molecule has 3 N–H and O–H groups in total. The molecular weight excluding hydrogens is 316 g/mol. The summed E-state index contributed by atoms with van der Waals surface area (Å²) >= 11 is 1.77. The largest absolute Gasteiger partial charge is 0.382 e. The molecule has 3 aromatic rings. The Kier molecular flexibility index (Phi) is 5.23. The van der Waals surface area contributed by atoms with Crippen molar-refractivity contribution in [2.24, 2.45) is 0 Å². The summed E-state index contributed by atoms with van der Waals surface area (Å²) < 4.78 is 1.81. The van der Waals surface area contributed by atoms with E-state index in [1.165, 1.54) is 21.6 Å². The number of nitrogens with zero attached hydrogens (tertiary/aromatic N) is 2. The smallest absolute Gasteiger partial charge is 0.145 e. The number of hydrogen-bond acceptors (Lipinski definition) is 4. The fourth-order valence-corrected chi connectivity index (χ4v) is 3.14. The molecule has 2 aromatic carbocycles. The second-order valence-corrected chi connectivity index (χ2v) is 6.57. The van der Waals surface area contributed by atoms with Gasteiger partial charge in [-0.25, -0.2) is 4.68 Å². The summed E-state index contributed by atoms with van der Waals surface area (Å²) in [5.74, 6) is 0.531. The first-order valence-electron chi connectivity index (χ1n) is 7.90. The Labute approximate surface area is 147 Å². The zero-order valence-electron chi connectivity index (χ0n) is 14.0. The SMILES string of the molecule is CNCc1cc(-n2ccc(N)n2)ccc1Cc1ccc(SC)cc1. The minimum atomic E-state index is 0.531. The summed E-state index contributed by atoms with van der Waals surface area (Å²) in [5.41, 5.74) is 10.7. The van der Waals surface area contributed by atoms with Crippen LogP contribution in [0.25, 0.3) is 5.69 Å². The molecule has 124 valence electrons. The van der Waals surface area contributed by atoms with Gasteiger partial charge in [-0.1, -0.05) is 18.2 Å². The zero-order valence-corrected chi connectivity index (χ0v) is 14.8. The van der Waals surface area contributed by atoms with Crippen LogP contribution in [-0.4, -0.2) is 23.1 Å². The van der Waals surface area contributed by atoms with Crippen molar-refractivity contribution in [1.29, 1.82) is 0 Å². The van der Waals surface area contributed by atoms with Gasteiger partial charge in [0.05, 0.1) is 5.69 Å². The molecule has 0 spiro atoms. The van der Waals surface area contributed by atoms with E-state index in [-0.39, 0.29) is 0 Å². The number of hydrogen-bond donors (Lipinski definition) is 2. The van der Waals surface area contributed by atoms with Crippen molar-refractivity contribution in [1.82, 2.24) is 15.1 Å². The normalized spacial score (nSPS) is 10.9. The van der Waals surface area contributed by atoms with Gasteiger partial charge in [0.1, 0.15) is 5.82 Å². The molecular formula is C19H22N4S. The highest BCUT2D eigenvalue weighted by Crippen LogP contribution is 2.21. The van der Waals surface area contributed by atoms with Crippen molar-refractivity contribution in [3.05, 3.63) is 71.4 Å². The number of nitrogen functional groups attached to an aromatic ring is 1. The first-order chi connectivity index (χ1) is 11.7. The van der Waals surface area contributed by atoms with Crippen LogP contribution in [0.15, 0.2) is 59.6 Å². The maximum Gasteiger partial charge on any atom is 0.145 e. The van der Waals surface area contributed by atoms with Gasteiger partial charge in [-0.2, -0.15) is 5.10 Å². The van der Waals surface area contributed by atoms with Gasteiger partial charge in [0.25, 0.3) is 0 Å². The summed E-state index contributed by atoms with van der Waals surface area (Å²) in [6.07, 6.45) is 4.91. The van der Waals surface area contributed by atoms with Crippen molar-refractivity contribution in [2.75, 3.05) is 19.0 Å². The molecule has 0 saturated heterocycles. The van der Waals surface area contributed by atoms with Crippen LogP contribution in [0.1, 0.15) is 16.7 Å². The van der Waals surface area contributed by atoms with Crippen LogP contribution >= 0.6 is 11.8 Å². The van der Waals surface area contributed by atoms with Crippen LogP contribution < -0.4 is 11.1 Å². The molecule has 3 rings (SSSR count). The topological polar surface area (TPSA) is 55.9 Å². The van der Waals surface area contributed by atoms with E-state index in [0.29, 0.717) is 5.82 Å². The number of aromatic nitrogens is 2. The van der Waals surface area contributed by atoms with Crippen LogP contribution in [0, 0.1) is 0 Å². The molecule has 0 unspecified atom stereocenters. The highest BCUT2D eigenvalue weighted by atomic mass is 32.2. The minimum absolute atomic E-state index is 0.531. The van der Waals surface area contributed by atoms with E-state index < -0.39 is 0 Å². The van der Waals surface area contributed by atoms with Crippen LogP contribution in [0.4, 0.5) is 5.82 Å². The Bertz CT molecular complexity index is 808. The van der Waals surface area contributed by atoms with Crippen LogP contribution in [0.2, 0.25) is 0 Å². The molecule has 0 aliphatic rings. The Hall–Kier alpha value is -2.24. The second-order valence-electron chi connectivity index (χ2n) is 5.69. The van der Waals surface area contributed by atoms with Gasteiger partial charge in [-0.15, -0.1) is 11.8 Å². The van der Waals surface area contributed by atoms with E-state index in [9.17, 15) is 0 Å². The van der Waals surface area contributed by atoms with E-state index in [2.05, 4.69) is 59.1 Å². The molecule has 0 radical (unpaired) electrons. The van der Waals surface area contributed by atoms with E-state index in [0.717, 1.165) is 18.7 Å². The molecule has 0 atom stereocenters. The third-order valence-electron chi connectivity index (χ3n) is 3.98. The maximum absolute atomic E-state index is 5.72. The van der Waals surface area contributed by atoms with Gasteiger partial charge in [-0.05, 0) is 60.7 Å². The van der Waals surface area contributed by atoms with E-state index in [1.54, 1.807) is 17.8 Å². The van der Waals surface area contributed by atoms with Gasteiger partial charge < -0.3 is 11.1 Å². The summed E-state index contributed by atoms with van der Waals surface area (Å²) in [6.45, 7) is 0.822. The van der Waals surface area contributed by atoms with Crippen molar-refractivity contribution in [3.8, 4) is 5.69 Å². The lowest BCUT2D eigenvalue weighted by Gasteiger charge is -2.12. The molecule has 5 heteroatoms. The lowest BCUT2D eigenvalue weighted by atomic mass is 9.99. The third kappa shape index (κ3) is 3.80. The van der Waals surface area contributed by atoms with E-state index in [4.69, 9.17) is 5.73 Å². The van der Waals surface area contributed by atoms with Gasteiger partial charge in [0, 0.05) is 23.7 Å². The first kappa shape index (κ1) is 16.6. The number of thioether (sulfide) groups is 1. The molecule has 4 nitrogen and oxygen atoms in total. The molecule has 1 heterocycles. The molecule has 0 amide bonds. The van der Waals surface area contributed by atoms with E-state index in [1.807, 2.05) is 17.9 Å². The fraction of sp³-hybridized carbons (Fsp3) is 0.211. The average molecular weight is 338 g/mol. The molecule has 0 saturated carbocycles. The summed E-state index contributed by atoms with van der Waals surface area (Å²) in [5, 5.41) is 7.54. The standard InChI is InChI=1S/C19H22N4S/c1-21-13-16-12-17(23-10-9-19(20)22-23)6-5-15(16)11-14-3-7-18(24-2)8-4-14/h3-10,12,21H,11,13H2,1-2H3,(H2,20,22). The van der Waals surface area contributed by atoms with Crippen LogP contribution in [-0.2, 0) is 13.0 Å². The summed E-state index contributed by atoms with van der Waals surface area (Å²) in [7, 11) is 1.97. The zero-order chi connectivity index (χ0) is 16.9. The van der Waals surface area contributed by atoms with Crippen molar-refractivity contribution < 1.29 is 0 Å². The van der Waals surface area contributed by atoms with Gasteiger partial charge in [-0.3, -0.25) is 0 Å². The van der Waals surface area contributed by atoms with Gasteiger partial charge >= 0.3 is 0 Å². The average Bonchev–Trinajstić information content (AvgIpc) is 3.04. The number of anilines is 1. The Morgan fingerprint density at radius 3 is 2.50 bits per heavy atom. The molecule has 0 aliphatic carbocycles. The van der Waals surface area contributed by atoms with Crippen LogP contribution in [0.5, 0.6) is 0 Å². The maximum atomic E-state index is 5.72. The number of rotatable bonds is 6. The second kappa shape index (κ2) is 7.55. The van der Waals surface area contributed by atoms with E-state index >= 15 is 0 Å². The Morgan fingerprint density at radius 1 is 1.08 bits per heavy atom. The van der Waals surface area contributed by atoms with Crippen molar-refractivity contribution in [2.45, 2.75) is 17.9 Å². The molecule has 0 aliphatic heterocycles. The first-order valence-corrected chi connectivity index (χ1v) is 9.13. The van der Waals surface area contributed by atoms with Gasteiger partial charge in [0.2, 0.25) is 0 Å². The molecule has 0 bridgehead atoms. The molecule has 24 heavy (non-hydrogen) atoms. The summed E-state index contributed by atoms with van der Waals surface area (Å²) in [4.78, 5) is 1.29. The molecule has 0 fully saturated rings. The minimum Gasteiger partial charge on any atom is -0.382 e. The number of nitrogens with one attached hydrogen (secondary N) is 1. The number of benzene rings is 2. The van der Waals surface area contributed by atoms with Gasteiger partial charge in [0.15, 0.2) is 0 Å². The van der Waals surface area contributed by atoms with Crippen molar-refractivity contribution >= 4 is 17.6 Å². The monoisotopic (exact) mass is 338 g/mol. The van der Waals surface area contributed by atoms with Crippen LogP contribution in [0.3, 0.4) is 0 Å². The highest BCUT2D eigenvalue weighted by Gasteiger charge is 2.07. The number of nitrogens with two attached hydrogens (primary N) is 1. The lowest BCUT2D eigenvalue weighted by molar-refractivity contribution is 0.801. The fourth-order valence-electron chi connectivity index (χ4n) is 2.73. The highest BCUT2D eigenvalue weighted by molar-refractivity contribution is 7.98. The lowest BCUT2D eigenvalue weighted by Crippen LogP contribution is -2.09. The third-order valence-corrected chi connectivity index (χ3v) is 4.73. The Morgan fingerprint density at radius 2 is 1.88 bits per heavy atom. The Balaban J connectivity index is 1.88. The quantitative estimate of drug-likeness (QED) is 0.676. The van der Waals surface area contributed by atoms with Crippen molar-refractivity contribution in [3.63, 3.8) is 0 Å². The summed E-state index contributed by atoms with van der Waals surface area (Å²) in [6, 6.07) is 17.0. The molecule has 1 aromatic heterocycles. The predicted octanol–water partition coefficient (Wildman–Crippen LogP) is 3.49. The predicted molar refractivity (Wildman–Crippen MR) is 102 cm³/mol.